The number of H-pyrrole nitrogens is 1. The third kappa shape index (κ3) is 5.75. The number of ether oxygens (including phenoxy) is 2. The number of aromatic nitrogens is 3. The molecule has 4 rings (SSSR count). The number of aryl methyl sites for hydroxylation is 1. The van der Waals surface area contributed by atoms with Crippen LogP contribution in [-0.2, 0) is 15.7 Å². The number of amides is 1. The summed E-state index contributed by atoms with van der Waals surface area (Å²) in [6, 6.07) is 1.98. The molecular weight excluding hydrogens is 485 g/mol. The molecule has 1 fully saturated rings. The van der Waals surface area contributed by atoms with E-state index in [1.165, 1.54) is 0 Å². The number of carbonyl (C=O) groups is 1. The third-order valence-electron chi connectivity index (χ3n) is 5.77. The first-order chi connectivity index (χ1) is 16.6. The van der Waals surface area contributed by atoms with Gasteiger partial charge in [-0.15, -0.1) is 0 Å². The fraction of sp³-hybridized carbons (Fsp3) is 0.524. The number of anilines is 2. The zero-order valence-corrected chi connectivity index (χ0v) is 20.3. The fourth-order valence-electron chi connectivity index (χ4n) is 4.13. The van der Waals surface area contributed by atoms with Gasteiger partial charge >= 0.3 is 6.18 Å². The second-order valence-corrected chi connectivity index (χ2v) is 10.6. The lowest BCUT2D eigenvalue weighted by Gasteiger charge is -2.44. The van der Waals surface area contributed by atoms with Crippen molar-refractivity contribution in [2.45, 2.75) is 32.1 Å². The van der Waals surface area contributed by atoms with Crippen molar-refractivity contribution in [1.29, 1.82) is 0 Å². The van der Waals surface area contributed by atoms with Crippen LogP contribution in [-0.4, -0.2) is 80.1 Å². The standard InChI is InChI=1S/C21H26F3N6O4Si/c1-13-7-16-19(25-8-13)30-5-4-29(10-14(30)11-34-16)17(31)3-6-33-12-35(2)28-15-9-26-27-20(32)18(15)21(22,23)24/h7-9,14H,3-6,10-12H2,1-2H3,(H2,27,28,32). The highest BCUT2D eigenvalue weighted by Gasteiger charge is 2.38. The summed E-state index contributed by atoms with van der Waals surface area (Å²) in [5.41, 5.74) is -1.97. The topological polar surface area (TPSA) is 113 Å². The lowest BCUT2D eigenvalue weighted by molar-refractivity contribution is -0.138. The molecule has 0 aromatic carbocycles. The number of fused-ring (bicyclic) bond motifs is 3. The van der Waals surface area contributed by atoms with Crippen molar-refractivity contribution < 1.29 is 27.4 Å². The lowest BCUT2D eigenvalue weighted by Crippen LogP contribution is -2.58. The Bertz CT molecular complexity index is 1130. The van der Waals surface area contributed by atoms with Crippen molar-refractivity contribution in [1.82, 2.24) is 20.1 Å². The fourth-order valence-corrected chi connectivity index (χ4v) is 5.30. The Labute approximate surface area is 201 Å². The van der Waals surface area contributed by atoms with Crippen LogP contribution in [0.2, 0.25) is 6.55 Å². The quantitative estimate of drug-likeness (QED) is 0.426. The van der Waals surface area contributed by atoms with E-state index in [0.717, 1.165) is 23.3 Å². The van der Waals surface area contributed by atoms with Gasteiger partial charge in [0.15, 0.2) is 20.5 Å². The number of hydrogen-bond donors (Lipinski definition) is 2. The van der Waals surface area contributed by atoms with Gasteiger partial charge < -0.3 is 24.3 Å². The Morgan fingerprint density at radius 2 is 2.17 bits per heavy atom. The normalized spacial score (nSPS) is 17.6. The van der Waals surface area contributed by atoms with Gasteiger partial charge in [-0.25, -0.2) is 10.1 Å². The third-order valence-corrected chi connectivity index (χ3v) is 7.11. The number of carbonyl (C=O) groups excluding carboxylic acids is 1. The molecule has 2 aromatic rings. The average molecular weight is 512 g/mol. The van der Waals surface area contributed by atoms with Gasteiger partial charge in [-0.05, 0) is 18.6 Å². The van der Waals surface area contributed by atoms with E-state index in [2.05, 4.69) is 20.0 Å². The van der Waals surface area contributed by atoms with Gasteiger partial charge in [-0.3, -0.25) is 9.59 Å². The van der Waals surface area contributed by atoms with Gasteiger partial charge in [0.25, 0.3) is 5.56 Å². The van der Waals surface area contributed by atoms with Crippen LogP contribution in [0.4, 0.5) is 24.7 Å². The van der Waals surface area contributed by atoms with E-state index in [0.29, 0.717) is 26.2 Å². The first kappa shape index (κ1) is 25.0. The minimum absolute atomic E-state index is 0.0245. The Hall–Kier alpha value is -3.13. The molecule has 0 bridgehead atoms. The SMILES string of the molecule is Cc1cnc2c(c1)OCC1CN(C(=O)CCOC[Si](C)Nc3cn[nH]c(=O)c3C(F)(F)F)CCN21. The van der Waals surface area contributed by atoms with Gasteiger partial charge in [0.05, 0.1) is 37.2 Å². The molecule has 2 aromatic heterocycles. The maximum absolute atomic E-state index is 13.2. The summed E-state index contributed by atoms with van der Waals surface area (Å²) in [6.45, 7) is 6.03. The Morgan fingerprint density at radius 3 is 2.94 bits per heavy atom. The minimum Gasteiger partial charge on any atom is -0.487 e. The van der Waals surface area contributed by atoms with Crippen molar-refractivity contribution in [2.24, 2.45) is 0 Å². The van der Waals surface area contributed by atoms with E-state index in [4.69, 9.17) is 9.47 Å². The van der Waals surface area contributed by atoms with E-state index in [1.54, 1.807) is 22.7 Å². The molecule has 35 heavy (non-hydrogen) atoms. The molecule has 2 aliphatic rings. The number of hydrogen-bond acceptors (Lipinski definition) is 8. The molecule has 4 heterocycles. The van der Waals surface area contributed by atoms with Crippen molar-refractivity contribution in [2.75, 3.05) is 49.0 Å². The summed E-state index contributed by atoms with van der Waals surface area (Å²) in [5.74, 6) is 1.51. The summed E-state index contributed by atoms with van der Waals surface area (Å²) in [6.07, 6.45) is -1.76. The van der Waals surface area contributed by atoms with E-state index in [-0.39, 0.29) is 36.9 Å². The van der Waals surface area contributed by atoms with Crippen LogP contribution in [0.3, 0.4) is 0 Å². The van der Waals surface area contributed by atoms with Gasteiger partial charge in [0.2, 0.25) is 5.91 Å². The van der Waals surface area contributed by atoms with Crippen molar-refractivity contribution in [3.8, 4) is 5.75 Å². The average Bonchev–Trinajstić information content (AvgIpc) is 2.80. The Morgan fingerprint density at radius 1 is 1.37 bits per heavy atom. The number of piperazine rings is 1. The molecule has 1 saturated heterocycles. The largest absolute Gasteiger partial charge is 0.487 e. The molecule has 2 aliphatic heterocycles. The predicted molar refractivity (Wildman–Crippen MR) is 123 cm³/mol. The summed E-state index contributed by atoms with van der Waals surface area (Å²) in [5, 5.41) is 5.24. The molecule has 2 N–H and O–H groups in total. The predicted octanol–water partition coefficient (Wildman–Crippen LogP) is 1.58. The summed E-state index contributed by atoms with van der Waals surface area (Å²) >= 11 is 0. The number of alkyl halides is 3. The molecule has 0 spiro atoms. The molecule has 0 aliphatic carbocycles. The highest BCUT2D eigenvalue weighted by atomic mass is 28.3. The number of rotatable bonds is 7. The maximum atomic E-state index is 13.2. The van der Waals surface area contributed by atoms with Crippen LogP contribution >= 0.6 is 0 Å². The van der Waals surface area contributed by atoms with Gasteiger partial charge in [-0.1, -0.05) is 6.55 Å². The Balaban J connectivity index is 1.23. The molecular formula is C21H26F3N6O4Si. The first-order valence-electron chi connectivity index (χ1n) is 11.1. The van der Waals surface area contributed by atoms with E-state index in [1.807, 2.05) is 13.0 Å². The molecule has 1 atom stereocenters. The van der Waals surface area contributed by atoms with Crippen molar-refractivity contribution >= 4 is 26.4 Å². The number of aromatic amines is 1. The molecule has 1 unspecified atom stereocenters. The number of halogens is 3. The number of nitrogens with zero attached hydrogens (tertiary/aromatic N) is 4. The molecule has 1 radical (unpaired) electrons. The van der Waals surface area contributed by atoms with Gasteiger partial charge in [0.1, 0.15) is 12.2 Å². The molecule has 10 nitrogen and oxygen atoms in total. The molecule has 14 heteroatoms. The van der Waals surface area contributed by atoms with Crippen LogP contribution in [0.15, 0.2) is 23.3 Å². The van der Waals surface area contributed by atoms with Crippen LogP contribution < -0.4 is 20.2 Å². The monoisotopic (exact) mass is 511 g/mol. The van der Waals surface area contributed by atoms with Gasteiger partial charge in [0, 0.05) is 25.8 Å². The summed E-state index contributed by atoms with van der Waals surface area (Å²) < 4.78 is 50.9. The zero-order valence-electron chi connectivity index (χ0n) is 19.3. The van der Waals surface area contributed by atoms with Crippen LogP contribution in [0, 0.1) is 6.92 Å². The molecule has 189 valence electrons. The van der Waals surface area contributed by atoms with Crippen LogP contribution in [0.25, 0.3) is 0 Å². The smallest absolute Gasteiger partial charge is 0.423 e. The van der Waals surface area contributed by atoms with Crippen molar-refractivity contribution in [3.63, 3.8) is 0 Å². The molecule has 0 saturated carbocycles. The van der Waals surface area contributed by atoms with Crippen LogP contribution in [0.5, 0.6) is 5.75 Å². The first-order valence-corrected chi connectivity index (χ1v) is 13.3. The Kier molecular flexibility index (Phi) is 7.30. The second kappa shape index (κ2) is 10.2. The van der Waals surface area contributed by atoms with Crippen molar-refractivity contribution in [3.05, 3.63) is 39.9 Å². The zero-order chi connectivity index (χ0) is 25.2. The number of pyridine rings is 1. The molecule has 1 amide bonds. The van der Waals surface area contributed by atoms with Crippen LogP contribution in [0.1, 0.15) is 17.5 Å². The minimum atomic E-state index is -4.81. The van der Waals surface area contributed by atoms with E-state index < -0.39 is 26.3 Å². The van der Waals surface area contributed by atoms with Gasteiger partial charge in [-0.2, -0.15) is 18.3 Å². The van der Waals surface area contributed by atoms with E-state index in [9.17, 15) is 22.8 Å². The second-order valence-electron chi connectivity index (χ2n) is 8.53. The lowest BCUT2D eigenvalue weighted by atomic mass is 10.1. The highest BCUT2D eigenvalue weighted by molar-refractivity contribution is 6.61. The maximum Gasteiger partial charge on any atom is 0.423 e. The number of nitrogens with one attached hydrogen (secondary N) is 2. The van der Waals surface area contributed by atoms with E-state index >= 15 is 0 Å². The highest BCUT2D eigenvalue weighted by Crippen LogP contribution is 2.34. The summed E-state index contributed by atoms with van der Waals surface area (Å²) in [4.78, 5) is 35.4. The summed E-state index contributed by atoms with van der Waals surface area (Å²) in [7, 11) is -1.63.